The number of fused-ring (bicyclic) bond motifs is 1. The Kier molecular flexibility index (Phi) is 2.86. The zero-order valence-electron chi connectivity index (χ0n) is 7.40. The zero-order chi connectivity index (χ0) is 9.42. The average molecular weight is 215 g/mol. The van der Waals surface area contributed by atoms with E-state index in [1.165, 1.54) is 0 Å². The van der Waals surface area contributed by atoms with Gasteiger partial charge in [-0.15, -0.1) is 12.4 Å². The lowest BCUT2D eigenvalue weighted by Gasteiger charge is -2.04. The third-order valence-electron chi connectivity index (χ3n) is 2.08. The topological polar surface area (TPSA) is 78.3 Å². The molecule has 14 heavy (non-hydrogen) atoms. The molecule has 4 nitrogen and oxygen atoms in total. The number of hydrogen-bond donors (Lipinski definition) is 2. The molecule has 0 bridgehead atoms. The number of amides is 1. The van der Waals surface area contributed by atoms with Crippen molar-refractivity contribution in [2.24, 2.45) is 5.73 Å². The van der Waals surface area contributed by atoms with E-state index in [9.17, 15) is 4.79 Å². The third-order valence-corrected chi connectivity index (χ3v) is 2.08. The maximum Gasteiger partial charge on any atom is 0.258 e. The SMILES string of the molecule is Cl.NC(=O)C1Cc2cc(N)ccc2O1. The van der Waals surface area contributed by atoms with Crippen molar-refractivity contribution in [3.8, 4) is 5.75 Å². The Morgan fingerprint density at radius 1 is 1.50 bits per heavy atom. The first-order chi connectivity index (χ1) is 6.16. The number of hydrogen-bond acceptors (Lipinski definition) is 3. The molecule has 2 rings (SSSR count). The van der Waals surface area contributed by atoms with Crippen LogP contribution in [0.4, 0.5) is 5.69 Å². The third kappa shape index (κ3) is 1.75. The minimum Gasteiger partial charge on any atom is -0.480 e. The second-order valence-electron chi connectivity index (χ2n) is 3.08. The van der Waals surface area contributed by atoms with Crippen LogP contribution in [0.2, 0.25) is 0 Å². The van der Waals surface area contributed by atoms with Gasteiger partial charge >= 0.3 is 0 Å². The molecule has 0 aliphatic carbocycles. The Bertz CT molecular complexity index is 368. The summed E-state index contributed by atoms with van der Waals surface area (Å²) in [5.74, 6) is 0.271. The van der Waals surface area contributed by atoms with Crippen molar-refractivity contribution in [2.75, 3.05) is 5.73 Å². The lowest BCUT2D eigenvalue weighted by Crippen LogP contribution is -2.31. The predicted octanol–water partition coefficient (Wildman–Crippen LogP) is 0.479. The van der Waals surface area contributed by atoms with Crippen molar-refractivity contribution >= 4 is 24.0 Å². The molecule has 0 radical (unpaired) electrons. The van der Waals surface area contributed by atoms with Crippen LogP contribution in [0.25, 0.3) is 0 Å². The number of nitrogen functional groups attached to an aromatic ring is 1. The first-order valence-electron chi connectivity index (χ1n) is 4.01. The van der Waals surface area contributed by atoms with E-state index in [4.69, 9.17) is 16.2 Å². The molecule has 1 aliphatic rings. The zero-order valence-corrected chi connectivity index (χ0v) is 8.21. The van der Waals surface area contributed by atoms with Gasteiger partial charge < -0.3 is 16.2 Å². The van der Waals surface area contributed by atoms with E-state index in [1.807, 2.05) is 0 Å². The van der Waals surface area contributed by atoms with Crippen molar-refractivity contribution in [1.82, 2.24) is 0 Å². The number of benzene rings is 1. The molecule has 76 valence electrons. The summed E-state index contributed by atoms with van der Waals surface area (Å²) in [5.41, 5.74) is 12.3. The highest BCUT2D eigenvalue weighted by Crippen LogP contribution is 2.29. The van der Waals surface area contributed by atoms with Gasteiger partial charge in [0, 0.05) is 17.7 Å². The van der Waals surface area contributed by atoms with Crippen LogP contribution in [0.1, 0.15) is 5.56 Å². The summed E-state index contributed by atoms with van der Waals surface area (Å²) in [6.45, 7) is 0. The fraction of sp³-hybridized carbons (Fsp3) is 0.222. The summed E-state index contributed by atoms with van der Waals surface area (Å²) in [7, 11) is 0. The van der Waals surface area contributed by atoms with E-state index in [-0.39, 0.29) is 12.4 Å². The maximum absolute atomic E-state index is 10.8. The van der Waals surface area contributed by atoms with Crippen LogP contribution in [0, 0.1) is 0 Å². The van der Waals surface area contributed by atoms with Crippen LogP contribution >= 0.6 is 12.4 Å². The number of carbonyl (C=O) groups is 1. The Hall–Kier alpha value is -1.42. The summed E-state index contributed by atoms with van der Waals surface area (Å²) in [6, 6.07) is 5.30. The summed E-state index contributed by atoms with van der Waals surface area (Å²) < 4.78 is 5.29. The lowest BCUT2D eigenvalue weighted by atomic mass is 10.1. The Morgan fingerprint density at radius 3 is 2.86 bits per heavy atom. The maximum atomic E-state index is 10.8. The fourth-order valence-electron chi connectivity index (χ4n) is 1.43. The van der Waals surface area contributed by atoms with Crippen molar-refractivity contribution in [3.05, 3.63) is 23.8 Å². The van der Waals surface area contributed by atoms with Gasteiger partial charge in [-0.3, -0.25) is 4.79 Å². The number of rotatable bonds is 1. The molecule has 1 atom stereocenters. The van der Waals surface area contributed by atoms with Crippen LogP contribution in [0.15, 0.2) is 18.2 Å². The fourth-order valence-corrected chi connectivity index (χ4v) is 1.43. The predicted molar refractivity (Wildman–Crippen MR) is 55.4 cm³/mol. The molecule has 5 heteroatoms. The van der Waals surface area contributed by atoms with Gasteiger partial charge in [-0.1, -0.05) is 0 Å². The van der Waals surface area contributed by atoms with Crippen molar-refractivity contribution < 1.29 is 9.53 Å². The molecule has 0 spiro atoms. The van der Waals surface area contributed by atoms with E-state index < -0.39 is 12.0 Å². The highest BCUT2D eigenvalue weighted by molar-refractivity contribution is 5.85. The number of carbonyl (C=O) groups excluding carboxylic acids is 1. The van der Waals surface area contributed by atoms with Gasteiger partial charge in [0.25, 0.3) is 5.91 Å². The van der Waals surface area contributed by atoms with E-state index >= 15 is 0 Å². The van der Waals surface area contributed by atoms with Gasteiger partial charge in [0.05, 0.1) is 0 Å². The van der Waals surface area contributed by atoms with Crippen molar-refractivity contribution in [1.29, 1.82) is 0 Å². The lowest BCUT2D eigenvalue weighted by molar-refractivity contribution is -0.123. The molecule has 1 aliphatic heterocycles. The first-order valence-corrected chi connectivity index (χ1v) is 4.01. The van der Waals surface area contributed by atoms with E-state index in [0.29, 0.717) is 17.9 Å². The molecule has 1 aromatic rings. The van der Waals surface area contributed by atoms with Crippen LogP contribution in [0.3, 0.4) is 0 Å². The molecule has 0 aromatic heterocycles. The summed E-state index contributed by atoms with van der Waals surface area (Å²) >= 11 is 0. The monoisotopic (exact) mass is 214 g/mol. The highest BCUT2D eigenvalue weighted by atomic mass is 35.5. The second-order valence-corrected chi connectivity index (χ2v) is 3.08. The Morgan fingerprint density at radius 2 is 2.21 bits per heavy atom. The van der Waals surface area contributed by atoms with Gasteiger partial charge in [0.2, 0.25) is 0 Å². The van der Waals surface area contributed by atoms with Crippen LogP contribution in [-0.4, -0.2) is 12.0 Å². The van der Waals surface area contributed by atoms with Crippen LogP contribution in [0.5, 0.6) is 5.75 Å². The Balaban J connectivity index is 0.000000980. The van der Waals surface area contributed by atoms with Crippen molar-refractivity contribution in [3.63, 3.8) is 0 Å². The minimum absolute atomic E-state index is 0. The van der Waals surface area contributed by atoms with Gasteiger partial charge in [0.1, 0.15) is 5.75 Å². The molecule has 1 unspecified atom stereocenters. The number of nitrogens with two attached hydrogens (primary N) is 2. The molecular formula is C9H11ClN2O2. The first kappa shape index (κ1) is 10.7. The highest BCUT2D eigenvalue weighted by Gasteiger charge is 2.26. The van der Waals surface area contributed by atoms with Gasteiger partial charge in [-0.2, -0.15) is 0 Å². The van der Waals surface area contributed by atoms with E-state index in [2.05, 4.69) is 0 Å². The molecule has 0 fully saturated rings. The number of ether oxygens (including phenoxy) is 1. The number of primary amides is 1. The second kappa shape index (κ2) is 3.75. The van der Waals surface area contributed by atoms with Gasteiger partial charge in [-0.05, 0) is 18.2 Å². The van der Waals surface area contributed by atoms with Gasteiger partial charge in [-0.25, -0.2) is 0 Å². The molecule has 0 saturated heterocycles. The van der Waals surface area contributed by atoms with Crippen LogP contribution in [-0.2, 0) is 11.2 Å². The van der Waals surface area contributed by atoms with E-state index in [1.54, 1.807) is 18.2 Å². The standard InChI is InChI=1S/C9H10N2O2.ClH/c10-6-1-2-7-5(3-6)4-8(13-7)9(11)12;/h1-3,8H,4,10H2,(H2,11,12);1H. The van der Waals surface area contributed by atoms with Crippen LogP contribution < -0.4 is 16.2 Å². The Labute approximate surface area is 87.6 Å². The quantitative estimate of drug-likeness (QED) is 0.668. The molecule has 0 saturated carbocycles. The average Bonchev–Trinajstić information content (AvgIpc) is 2.46. The van der Waals surface area contributed by atoms with Crippen molar-refractivity contribution in [2.45, 2.75) is 12.5 Å². The molecule has 1 amide bonds. The smallest absolute Gasteiger partial charge is 0.258 e. The molecule has 1 aromatic carbocycles. The summed E-state index contributed by atoms with van der Waals surface area (Å²) in [5, 5.41) is 0. The largest absolute Gasteiger partial charge is 0.480 e. The van der Waals surface area contributed by atoms with E-state index in [0.717, 1.165) is 5.56 Å². The minimum atomic E-state index is -0.531. The molecular weight excluding hydrogens is 204 g/mol. The molecule has 4 N–H and O–H groups in total. The molecule has 1 heterocycles. The summed E-state index contributed by atoms with van der Waals surface area (Å²) in [4.78, 5) is 10.8. The van der Waals surface area contributed by atoms with Gasteiger partial charge in [0.15, 0.2) is 6.10 Å². The summed E-state index contributed by atoms with van der Waals surface area (Å²) in [6.07, 6.45) is -0.00722. The number of halogens is 1. The normalized spacial score (nSPS) is 17.9. The number of anilines is 1.